The summed E-state index contributed by atoms with van der Waals surface area (Å²) in [6, 6.07) is 0. The highest BCUT2D eigenvalue weighted by Gasteiger charge is 2.37. The minimum atomic E-state index is -2.49. The van der Waals surface area contributed by atoms with Crippen LogP contribution in [0.1, 0.15) is 12.8 Å². The summed E-state index contributed by atoms with van der Waals surface area (Å²) in [5, 5.41) is 11.9. The lowest BCUT2D eigenvalue weighted by atomic mass is 10.1. The number of halogens is 2. The van der Waals surface area contributed by atoms with Gasteiger partial charge in [-0.15, -0.1) is 11.8 Å². The van der Waals surface area contributed by atoms with E-state index in [9.17, 15) is 13.9 Å². The summed E-state index contributed by atoms with van der Waals surface area (Å²) in [4.78, 5) is 0. The molecule has 1 fully saturated rings. The SMILES string of the molecule is C=[N+]=C(NC)SC1CCC(O)C(C(F)F)S1. The summed E-state index contributed by atoms with van der Waals surface area (Å²) < 4.78 is 28.9. The average Bonchev–Trinajstić information content (AvgIpc) is 2.27. The van der Waals surface area contributed by atoms with Gasteiger partial charge in [-0.1, -0.05) is 0 Å². The number of alkyl halides is 2. The van der Waals surface area contributed by atoms with Crippen LogP contribution in [0.2, 0.25) is 0 Å². The highest BCUT2D eigenvalue weighted by Crippen LogP contribution is 2.40. The van der Waals surface area contributed by atoms with Crippen molar-refractivity contribution in [3.63, 3.8) is 0 Å². The van der Waals surface area contributed by atoms with E-state index in [1.54, 1.807) is 7.05 Å². The van der Waals surface area contributed by atoms with E-state index in [1.165, 1.54) is 11.8 Å². The van der Waals surface area contributed by atoms with Crippen LogP contribution in [0.15, 0.2) is 0 Å². The van der Waals surface area contributed by atoms with Gasteiger partial charge >= 0.3 is 5.17 Å². The van der Waals surface area contributed by atoms with Crippen molar-refractivity contribution in [2.45, 2.75) is 35.2 Å². The lowest BCUT2D eigenvalue weighted by Crippen LogP contribution is -2.36. The third kappa shape index (κ3) is 3.66. The molecule has 92 valence electrons. The van der Waals surface area contributed by atoms with Crippen LogP contribution in [0.3, 0.4) is 0 Å². The molecule has 1 rings (SSSR count). The van der Waals surface area contributed by atoms with Crippen molar-refractivity contribution in [2.75, 3.05) is 7.05 Å². The van der Waals surface area contributed by atoms with Gasteiger partial charge in [0.25, 0.3) is 6.43 Å². The molecule has 0 amide bonds. The summed E-state index contributed by atoms with van der Waals surface area (Å²) >= 11 is 2.50. The summed E-state index contributed by atoms with van der Waals surface area (Å²) in [7, 11) is 1.71. The van der Waals surface area contributed by atoms with Gasteiger partial charge in [0.15, 0.2) is 6.72 Å². The van der Waals surface area contributed by atoms with Gasteiger partial charge in [-0.3, -0.25) is 5.32 Å². The molecule has 0 bridgehead atoms. The Morgan fingerprint density at radius 1 is 1.62 bits per heavy atom. The summed E-state index contributed by atoms with van der Waals surface area (Å²) in [6.45, 7) is 3.39. The smallest absolute Gasteiger partial charge is 0.392 e. The third-order valence-electron chi connectivity index (χ3n) is 2.24. The fourth-order valence-corrected chi connectivity index (χ4v) is 4.05. The zero-order valence-corrected chi connectivity index (χ0v) is 10.5. The number of aliphatic hydroxyl groups excluding tert-OH is 1. The van der Waals surface area contributed by atoms with Crippen molar-refractivity contribution in [3.8, 4) is 0 Å². The molecule has 16 heavy (non-hydrogen) atoms. The predicted molar refractivity (Wildman–Crippen MR) is 67.3 cm³/mol. The van der Waals surface area contributed by atoms with Gasteiger partial charge in [-0.25, -0.2) is 13.4 Å². The number of nitrogens with one attached hydrogen (secondary N) is 1. The second-order valence-corrected chi connectivity index (χ2v) is 6.22. The van der Waals surface area contributed by atoms with Crippen LogP contribution in [0.25, 0.3) is 0 Å². The molecule has 2 N–H and O–H groups in total. The number of thioether (sulfide) groups is 2. The van der Waals surface area contributed by atoms with E-state index in [0.717, 1.165) is 11.8 Å². The zero-order valence-electron chi connectivity index (χ0n) is 8.90. The first-order valence-corrected chi connectivity index (χ1v) is 6.70. The van der Waals surface area contributed by atoms with E-state index >= 15 is 0 Å². The van der Waals surface area contributed by atoms with Crippen LogP contribution < -0.4 is 9.98 Å². The van der Waals surface area contributed by atoms with Crippen molar-refractivity contribution in [1.82, 2.24) is 9.98 Å². The molecule has 3 atom stereocenters. The number of hydrogen-bond acceptors (Lipinski definition) is 3. The Morgan fingerprint density at radius 2 is 2.31 bits per heavy atom. The van der Waals surface area contributed by atoms with Gasteiger partial charge in [0.2, 0.25) is 0 Å². The van der Waals surface area contributed by atoms with Gasteiger partial charge in [0.1, 0.15) is 0 Å². The Kier molecular flexibility index (Phi) is 5.61. The summed E-state index contributed by atoms with van der Waals surface area (Å²) in [5.41, 5.74) is 0. The molecule has 0 aromatic carbocycles. The van der Waals surface area contributed by atoms with Crippen molar-refractivity contribution < 1.29 is 13.9 Å². The van der Waals surface area contributed by atoms with Crippen LogP contribution >= 0.6 is 23.5 Å². The van der Waals surface area contributed by atoms with E-state index in [2.05, 4.69) is 16.7 Å². The molecule has 0 aromatic rings. The quantitative estimate of drug-likeness (QED) is 0.444. The van der Waals surface area contributed by atoms with Gasteiger partial charge < -0.3 is 5.11 Å². The highest BCUT2D eigenvalue weighted by atomic mass is 32.2. The maximum atomic E-state index is 12.6. The molecule has 0 spiro atoms. The van der Waals surface area contributed by atoms with E-state index in [-0.39, 0.29) is 4.58 Å². The third-order valence-corrected chi connectivity index (χ3v) is 5.29. The van der Waals surface area contributed by atoms with Crippen molar-refractivity contribution >= 4 is 35.4 Å². The van der Waals surface area contributed by atoms with Crippen molar-refractivity contribution in [1.29, 1.82) is 0 Å². The minimum Gasteiger partial charge on any atom is -0.392 e. The van der Waals surface area contributed by atoms with Crippen LogP contribution in [0.5, 0.6) is 0 Å². The normalized spacial score (nSPS) is 29.9. The Bertz CT molecular complexity index is 285. The maximum absolute atomic E-state index is 12.6. The number of amidine groups is 1. The van der Waals surface area contributed by atoms with Crippen LogP contribution in [0.4, 0.5) is 8.78 Å². The summed E-state index contributed by atoms with van der Waals surface area (Å²) in [5.74, 6) is 0. The van der Waals surface area contributed by atoms with Crippen LogP contribution in [0, 0.1) is 0 Å². The highest BCUT2D eigenvalue weighted by molar-refractivity contribution is 8.25. The Labute approximate surface area is 102 Å². The standard InChI is InChI=1S/C9H14F2N2OS2/c1-12-9(13-2)16-6-4-3-5(14)7(15-6)8(10)11/h5-8,14H,1,3-4H2,2H3/p+1. The fraction of sp³-hybridized carbons (Fsp3) is 0.778. The lowest BCUT2D eigenvalue weighted by Gasteiger charge is -2.30. The molecule has 0 aliphatic carbocycles. The number of rotatable bonds is 2. The molecule has 1 heterocycles. The molecular formula is C9H15F2N2OS2+. The number of hydrogen-bond donors (Lipinski definition) is 2. The molecule has 0 aromatic heterocycles. The Balaban J connectivity index is 2.55. The largest absolute Gasteiger partial charge is 0.404 e. The fourth-order valence-electron chi connectivity index (χ4n) is 1.42. The topological polar surface area (TPSA) is 46.4 Å². The van der Waals surface area contributed by atoms with Crippen molar-refractivity contribution in [3.05, 3.63) is 0 Å². The van der Waals surface area contributed by atoms with Gasteiger partial charge in [-0.05, 0) is 24.6 Å². The first-order chi connectivity index (χ1) is 7.58. The minimum absolute atomic E-state index is 0.00431. The average molecular weight is 269 g/mol. The molecular weight excluding hydrogens is 254 g/mol. The first kappa shape index (κ1) is 13.8. The molecule has 1 saturated heterocycles. The second kappa shape index (κ2) is 6.49. The molecule has 7 heteroatoms. The zero-order chi connectivity index (χ0) is 12.1. The lowest BCUT2D eigenvalue weighted by molar-refractivity contribution is 0.0621. The summed E-state index contributed by atoms with van der Waals surface area (Å²) in [6.07, 6.45) is -2.29. The molecule has 3 nitrogen and oxygen atoms in total. The first-order valence-electron chi connectivity index (χ1n) is 4.88. The van der Waals surface area contributed by atoms with E-state index in [0.29, 0.717) is 18.0 Å². The Morgan fingerprint density at radius 3 is 2.81 bits per heavy atom. The second-order valence-electron chi connectivity index (χ2n) is 3.34. The van der Waals surface area contributed by atoms with E-state index in [1.807, 2.05) is 0 Å². The van der Waals surface area contributed by atoms with Gasteiger partial charge in [0, 0.05) is 0 Å². The van der Waals surface area contributed by atoms with E-state index in [4.69, 9.17) is 0 Å². The molecule has 0 radical (unpaired) electrons. The molecule has 3 unspecified atom stereocenters. The van der Waals surface area contributed by atoms with Crippen LogP contribution in [-0.4, -0.2) is 46.4 Å². The van der Waals surface area contributed by atoms with Crippen molar-refractivity contribution in [2.24, 2.45) is 0 Å². The molecule has 1 aliphatic heterocycles. The Hall–Kier alpha value is -0.230. The van der Waals surface area contributed by atoms with Gasteiger partial charge in [-0.2, -0.15) is 0 Å². The molecule has 1 aliphatic rings. The number of nitrogens with zero attached hydrogens (tertiary/aromatic N) is 1. The molecule has 0 saturated carbocycles. The monoisotopic (exact) mass is 269 g/mol. The van der Waals surface area contributed by atoms with E-state index < -0.39 is 17.8 Å². The maximum Gasteiger partial charge on any atom is 0.404 e. The van der Waals surface area contributed by atoms with Gasteiger partial charge in [0.05, 0.1) is 23.0 Å². The predicted octanol–water partition coefficient (Wildman–Crippen LogP) is 0.910. The number of aliphatic hydroxyl groups is 1. The van der Waals surface area contributed by atoms with Crippen LogP contribution in [-0.2, 0) is 0 Å².